The minimum atomic E-state index is -4.53. The first-order chi connectivity index (χ1) is 48.8. The van der Waals surface area contributed by atoms with Gasteiger partial charge in [0.05, 0.1) is 20.8 Å². The molecule has 3 aromatic heterocycles. The quantitative estimate of drug-likeness (QED) is 0.127. The van der Waals surface area contributed by atoms with E-state index in [0.29, 0.717) is 39.4 Å². The van der Waals surface area contributed by atoms with E-state index in [9.17, 15) is 17.8 Å². The van der Waals surface area contributed by atoms with Gasteiger partial charge in [-0.05, 0) is 188 Å². The Morgan fingerprint density at radius 1 is 0.557 bits per heavy atom. The molecule has 450 valence electrons. The Hall–Kier alpha value is -7.33. The van der Waals surface area contributed by atoms with Crippen molar-refractivity contribution in [2.24, 2.45) is 0 Å². The smallest absolute Gasteiger partial charge is 0.268 e. The van der Waals surface area contributed by atoms with Gasteiger partial charge in [-0.25, -0.2) is 4.98 Å². The summed E-state index contributed by atoms with van der Waals surface area (Å²) in [4.78, 5) is 4.88. The monoisotopic (exact) mass is 1350 g/mol. The third-order valence-corrected chi connectivity index (χ3v) is 18.5. The van der Waals surface area contributed by atoms with E-state index in [2.05, 4.69) is 149 Å². The fourth-order valence-electron chi connectivity index (χ4n) is 13.4. The number of imidazole rings is 1. The van der Waals surface area contributed by atoms with Crippen LogP contribution in [0.15, 0.2) is 152 Å². The number of para-hydroxylation sites is 1. The van der Waals surface area contributed by atoms with Gasteiger partial charge in [-0.3, -0.25) is 4.57 Å². The normalized spacial score (nSPS) is 21.2. The second-order valence-electron chi connectivity index (χ2n) is 28.7. The van der Waals surface area contributed by atoms with E-state index in [1.54, 1.807) is 41.1 Å². The molecule has 0 bridgehead atoms. The van der Waals surface area contributed by atoms with Gasteiger partial charge in [0, 0.05) is 66.2 Å². The fraction of sp³-hybridized carbons (Fsp3) is 0.341. The Labute approximate surface area is 564 Å². The van der Waals surface area contributed by atoms with Crippen LogP contribution in [0.2, 0.25) is 0 Å². The van der Waals surface area contributed by atoms with Crippen LogP contribution in [0, 0.1) is 18.5 Å². The van der Waals surface area contributed by atoms with E-state index < -0.39 is 96.6 Å². The maximum atomic E-state index is 10.6. The minimum absolute atomic E-state index is 0. The van der Waals surface area contributed by atoms with Crippen LogP contribution in [-0.4, -0.2) is 14.1 Å². The summed E-state index contributed by atoms with van der Waals surface area (Å²) in [6.45, 7) is 11.5. The number of pyridine rings is 1. The van der Waals surface area contributed by atoms with Crippen LogP contribution in [0.1, 0.15) is 208 Å². The molecule has 2 aliphatic carbocycles. The molecule has 3 aliphatic rings. The van der Waals surface area contributed by atoms with Crippen LogP contribution < -0.4 is 9.30 Å². The zero-order chi connectivity index (χ0) is 77.5. The molecular formula is C82H84N4OPt-2. The van der Waals surface area contributed by atoms with Gasteiger partial charge >= 0.3 is 0 Å². The molecule has 4 heterocycles. The van der Waals surface area contributed by atoms with Crippen molar-refractivity contribution >= 4 is 32.8 Å². The molecule has 6 heteroatoms. The molecule has 14 rings (SSSR count). The Kier molecular flexibility index (Phi) is 9.49. The van der Waals surface area contributed by atoms with E-state index >= 15 is 0 Å². The zero-order valence-electron chi connectivity index (χ0n) is 71.1. The molecule has 88 heavy (non-hydrogen) atoms. The maximum Gasteiger partial charge on any atom is 0.268 e. The summed E-state index contributed by atoms with van der Waals surface area (Å²) in [6, 6.07) is 44.6. The van der Waals surface area contributed by atoms with Crippen molar-refractivity contribution in [1.29, 1.82) is 0 Å². The SMILES string of the molecule is [2H]c1c([2H])c2c(c([2H])c1-c1cc3c4c(c1)n(-c1[c-]c(Oc5[c-]c6c(cc5)c5ccccc5n6-c5cc(C(C)(C)C)ccn5)ccc1)[c-][n+]4-c1c(cc(C(C)(C)C)cc1C(C)(C)C)-c1cc4c(cc1-c1ccccc1-3)C(C)(C)CCC4(C)C)C(C([2H])([2H])[2H])(C([2H])([2H])[2H])C([2H])([2H])C([2H])([2H])C2(C([2H])([2H])[2H])C([2H])([2H])[2H].[Pt]. The standard InChI is InChI=1S/C82H84N4O.Pt/c1-76(2,3)52-33-38-83-73(44-52)86-70-28-21-20-27-59(70)60-31-30-56(46-71(60)86)87-55-24-22-23-54(45-55)84-49-85-74-64(42-53(77(4,5)6)43-69(74)78(7,8)9)62-48-68-67(81(14,15)36-37-82(68,16)17)47-61(62)57-25-18-19-26-58(57)63-39-51(41-72(84)75(63)85)50-29-32-65-66(40-50)80(12,13)35-34-79(65,10)11;/h18-33,38-44,47-48H,34-37H2,1-17H3;/q-2;/i10D3,11D3,12D3,13D3,29D,32D,34D2,35D2,40D;. The number of benzene rings is 8. The summed E-state index contributed by atoms with van der Waals surface area (Å²) < 4.78 is 191. The Morgan fingerprint density at radius 3 is 1.89 bits per heavy atom. The first kappa shape index (κ1) is 41.1. The number of hydrogen-bond donors (Lipinski definition) is 0. The summed E-state index contributed by atoms with van der Waals surface area (Å²) in [5.74, 6) is 1.24. The van der Waals surface area contributed by atoms with E-state index in [1.807, 2.05) is 65.2 Å². The number of ether oxygens (including phenoxy) is 1. The van der Waals surface area contributed by atoms with Gasteiger partial charge in [-0.15, -0.1) is 29.7 Å². The number of hydrogen-bond acceptors (Lipinski definition) is 2. The number of rotatable bonds is 5. The van der Waals surface area contributed by atoms with Crippen LogP contribution in [-0.2, 0) is 59.0 Å². The predicted octanol–water partition coefficient (Wildman–Crippen LogP) is 21.2. The van der Waals surface area contributed by atoms with Crippen LogP contribution in [0.25, 0.3) is 94.5 Å². The average molecular weight is 1360 g/mol. The topological polar surface area (TPSA) is 35.9 Å². The molecule has 11 aromatic rings. The van der Waals surface area contributed by atoms with Gasteiger partial charge in [0.25, 0.3) is 6.33 Å². The molecule has 8 aromatic carbocycles. The summed E-state index contributed by atoms with van der Waals surface area (Å²) in [6.07, 6.45) is -1.63. The number of aromatic nitrogens is 4. The van der Waals surface area contributed by atoms with E-state index in [-0.39, 0.29) is 54.1 Å². The minimum Gasteiger partial charge on any atom is -0.510 e. The van der Waals surface area contributed by atoms with Gasteiger partial charge in [-0.2, -0.15) is 18.2 Å². The Bertz CT molecular complexity index is 5510. The summed E-state index contributed by atoms with van der Waals surface area (Å²) >= 11 is 0. The van der Waals surface area contributed by atoms with Gasteiger partial charge in [0.1, 0.15) is 5.82 Å². The second kappa shape index (κ2) is 20.3. The largest absolute Gasteiger partial charge is 0.510 e. The summed E-state index contributed by atoms with van der Waals surface area (Å²) in [5, 5.41) is 1.88. The van der Waals surface area contributed by atoms with Crippen molar-refractivity contribution in [2.75, 3.05) is 0 Å². The zero-order valence-corrected chi connectivity index (χ0v) is 54.4. The van der Waals surface area contributed by atoms with Crippen molar-refractivity contribution in [3.05, 3.63) is 209 Å². The van der Waals surface area contributed by atoms with Crippen molar-refractivity contribution in [1.82, 2.24) is 14.1 Å². The van der Waals surface area contributed by atoms with Crippen molar-refractivity contribution in [2.45, 2.75) is 181 Å². The van der Waals surface area contributed by atoms with Gasteiger partial charge in [0.2, 0.25) is 0 Å². The molecule has 0 saturated carbocycles. The molecule has 0 unspecified atom stereocenters. The number of fused-ring (bicyclic) bond motifs is 12. The first-order valence-electron chi connectivity index (χ1n) is 39.6. The van der Waals surface area contributed by atoms with Gasteiger partial charge < -0.3 is 13.9 Å². The molecule has 0 fully saturated rings. The summed E-state index contributed by atoms with van der Waals surface area (Å²) in [5.41, 5.74) is -1.20. The third kappa shape index (κ3) is 9.75. The summed E-state index contributed by atoms with van der Waals surface area (Å²) in [7, 11) is 0. The Morgan fingerprint density at radius 2 is 1.20 bits per heavy atom. The average Bonchev–Trinajstić information content (AvgIpc) is 1.00. The molecule has 0 atom stereocenters. The molecular weight excluding hydrogens is 1250 g/mol. The molecule has 0 spiro atoms. The second-order valence-corrected chi connectivity index (χ2v) is 28.7. The van der Waals surface area contributed by atoms with Crippen LogP contribution in [0.3, 0.4) is 0 Å². The third-order valence-electron chi connectivity index (χ3n) is 18.5. The first-order valence-corrected chi connectivity index (χ1v) is 30.1. The van der Waals surface area contributed by atoms with Gasteiger partial charge in [-0.1, -0.05) is 208 Å². The molecule has 5 nitrogen and oxygen atoms in total. The molecule has 0 radical (unpaired) electrons. The van der Waals surface area contributed by atoms with Crippen molar-refractivity contribution in [3.63, 3.8) is 0 Å². The van der Waals surface area contributed by atoms with Crippen LogP contribution in [0.5, 0.6) is 11.5 Å². The predicted molar refractivity (Wildman–Crippen MR) is 362 cm³/mol. The van der Waals surface area contributed by atoms with Crippen LogP contribution in [0.4, 0.5) is 0 Å². The maximum absolute atomic E-state index is 10.6. The van der Waals surface area contributed by atoms with E-state index in [4.69, 9.17) is 17.9 Å². The van der Waals surface area contributed by atoms with E-state index in [1.165, 1.54) is 5.56 Å². The fourth-order valence-corrected chi connectivity index (χ4v) is 13.4. The molecule has 0 N–H and O–H groups in total. The molecule has 0 amide bonds. The number of nitrogens with zero attached hydrogens (tertiary/aromatic N) is 4. The van der Waals surface area contributed by atoms with Gasteiger partial charge in [0.15, 0.2) is 0 Å². The van der Waals surface area contributed by atoms with Crippen molar-refractivity contribution in [3.8, 4) is 73.2 Å². The molecule has 0 saturated heterocycles. The van der Waals surface area contributed by atoms with Crippen LogP contribution >= 0.6 is 0 Å². The Balaban J connectivity index is 0.0000101. The molecule has 1 aliphatic heterocycles. The van der Waals surface area contributed by atoms with E-state index in [0.717, 1.165) is 79.3 Å². The van der Waals surface area contributed by atoms with Crippen molar-refractivity contribution < 1.29 is 56.4 Å².